The molecular weight excluding hydrogens is 192 g/mol. The van der Waals surface area contributed by atoms with Crippen LogP contribution in [-0.4, -0.2) is 41.8 Å². The minimum absolute atomic E-state index is 0.0277. The molecule has 1 aliphatic heterocycles. The van der Waals surface area contributed by atoms with Crippen molar-refractivity contribution in [3.8, 4) is 0 Å². The molecule has 1 atom stereocenters. The van der Waals surface area contributed by atoms with Crippen LogP contribution >= 0.6 is 0 Å². The van der Waals surface area contributed by atoms with E-state index in [2.05, 4.69) is 19.2 Å². The van der Waals surface area contributed by atoms with Crippen LogP contribution in [0.15, 0.2) is 0 Å². The average molecular weight is 214 g/mol. The van der Waals surface area contributed by atoms with Crippen LogP contribution in [0.4, 0.5) is 4.79 Å². The van der Waals surface area contributed by atoms with Crippen molar-refractivity contribution < 1.29 is 9.90 Å². The number of urea groups is 1. The molecular formula is C11H22N2O2. The highest BCUT2D eigenvalue weighted by Gasteiger charge is 2.24. The molecule has 2 amide bonds. The van der Waals surface area contributed by atoms with E-state index in [0.717, 1.165) is 19.5 Å². The fraction of sp³-hybridized carbons (Fsp3) is 0.909. The molecule has 1 heterocycles. The number of hydrogen-bond donors (Lipinski definition) is 2. The van der Waals surface area contributed by atoms with E-state index in [9.17, 15) is 9.90 Å². The van der Waals surface area contributed by atoms with Crippen LogP contribution in [0.5, 0.6) is 0 Å². The minimum Gasteiger partial charge on any atom is -0.393 e. The average Bonchev–Trinajstić information content (AvgIpc) is 1.95. The van der Waals surface area contributed by atoms with Crippen molar-refractivity contribution in [2.75, 3.05) is 19.6 Å². The largest absolute Gasteiger partial charge is 0.393 e. The Bertz CT molecular complexity index is 223. The Kier molecular flexibility index (Phi) is 3.97. The lowest BCUT2D eigenvalue weighted by molar-refractivity contribution is 0.123. The highest BCUT2D eigenvalue weighted by atomic mass is 16.3. The first-order chi connectivity index (χ1) is 6.91. The molecule has 2 N–H and O–H groups in total. The molecule has 88 valence electrons. The van der Waals surface area contributed by atoms with E-state index in [0.29, 0.717) is 13.0 Å². The molecule has 0 spiro atoms. The monoisotopic (exact) mass is 214 g/mol. The molecule has 1 rings (SSSR count). The van der Waals surface area contributed by atoms with Gasteiger partial charge in [-0.3, -0.25) is 0 Å². The Morgan fingerprint density at radius 3 is 2.53 bits per heavy atom. The zero-order chi connectivity index (χ0) is 11.5. The van der Waals surface area contributed by atoms with E-state index in [1.807, 2.05) is 0 Å². The van der Waals surface area contributed by atoms with Crippen molar-refractivity contribution in [2.24, 2.45) is 5.41 Å². The lowest BCUT2D eigenvalue weighted by Gasteiger charge is -2.33. The van der Waals surface area contributed by atoms with E-state index in [1.165, 1.54) is 0 Å². The highest BCUT2D eigenvalue weighted by Crippen LogP contribution is 2.21. The molecule has 0 aromatic rings. The number of rotatable bonds is 4. The van der Waals surface area contributed by atoms with Crippen molar-refractivity contribution in [3.63, 3.8) is 0 Å². The van der Waals surface area contributed by atoms with Crippen LogP contribution in [0.1, 0.15) is 33.6 Å². The summed E-state index contributed by atoms with van der Waals surface area (Å²) < 4.78 is 0. The molecule has 0 aromatic heterocycles. The van der Waals surface area contributed by atoms with Crippen LogP contribution in [0.3, 0.4) is 0 Å². The van der Waals surface area contributed by atoms with Gasteiger partial charge < -0.3 is 15.3 Å². The number of aliphatic hydroxyl groups is 1. The van der Waals surface area contributed by atoms with E-state index in [1.54, 1.807) is 11.8 Å². The van der Waals surface area contributed by atoms with E-state index in [4.69, 9.17) is 0 Å². The van der Waals surface area contributed by atoms with Crippen molar-refractivity contribution in [3.05, 3.63) is 0 Å². The summed E-state index contributed by atoms with van der Waals surface area (Å²) >= 11 is 0. The molecule has 1 aliphatic rings. The number of amides is 2. The number of likely N-dealkylation sites (tertiary alicyclic amines) is 1. The summed E-state index contributed by atoms with van der Waals surface area (Å²) in [5.41, 5.74) is -0.0469. The zero-order valence-electron chi connectivity index (χ0n) is 9.92. The van der Waals surface area contributed by atoms with Crippen molar-refractivity contribution in [1.82, 2.24) is 10.2 Å². The molecule has 4 nitrogen and oxygen atoms in total. The second-order valence-corrected chi connectivity index (χ2v) is 5.22. The Morgan fingerprint density at radius 2 is 2.13 bits per heavy atom. The molecule has 0 radical (unpaired) electrons. The smallest absolute Gasteiger partial charge is 0.317 e. The van der Waals surface area contributed by atoms with Gasteiger partial charge in [-0.05, 0) is 25.2 Å². The first kappa shape index (κ1) is 12.3. The number of nitrogens with zero attached hydrogens (tertiary/aromatic N) is 1. The van der Waals surface area contributed by atoms with Gasteiger partial charge in [-0.1, -0.05) is 13.8 Å². The number of carbonyl (C=O) groups is 1. The maximum Gasteiger partial charge on any atom is 0.317 e. The maximum atomic E-state index is 11.5. The number of aliphatic hydroxyl groups excluding tert-OH is 1. The molecule has 1 saturated heterocycles. The lowest BCUT2D eigenvalue weighted by Crippen LogP contribution is -2.49. The summed E-state index contributed by atoms with van der Waals surface area (Å²) in [5, 5.41) is 12.2. The van der Waals surface area contributed by atoms with Gasteiger partial charge in [0, 0.05) is 19.6 Å². The molecule has 0 bridgehead atoms. The third-order valence-electron chi connectivity index (χ3n) is 2.71. The van der Waals surface area contributed by atoms with Crippen LogP contribution in [-0.2, 0) is 0 Å². The second kappa shape index (κ2) is 4.84. The van der Waals surface area contributed by atoms with E-state index < -0.39 is 0 Å². The van der Waals surface area contributed by atoms with Crippen molar-refractivity contribution in [2.45, 2.75) is 39.7 Å². The van der Waals surface area contributed by atoms with Gasteiger partial charge in [-0.2, -0.15) is 0 Å². The topological polar surface area (TPSA) is 52.6 Å². The van der Waals surface area contributed by atoms with E-state index in [-0.39, 0.29) is 17.6 Å². The van der Waals surface area contributed by atoms with Gasteiger partial charge in [-0.15, -0.1) is 0 Å². The summed E-state index contributed by atoms with van der Waals surface area (Å²) in [7, 11) is 0. The quantitative estimate of drug-likeness (QED) is 0.739. The predicted octanol–water partition coefficient (Wildman–Crippen LogP) is 1.20. The van der Waals surface area contributed by atoms with Gasteiger partial charge in [-0.25, -0.2) is 4.79 Å². The number of nitrogens with one attached hydrogen (secondary N) is 1. The Labute approximate surface area is 91.6 Å². The molecule has 4 heteroatoms. The summed E-state index contributed by atoms with van der Waals surface area (Å²) in [6.45, 7) is 8.25. The normalized spacial score (nSPS) is 18.3. The fourth-order valence-electron chi connectivity index (χ4n) is 1.82. The Hall–Kier alpha value is -0.770. The van der Waals surface area contributed by atoms with Gasteiger partial charge in [0.15, 0.2) is 0 Å². The number of carbonyl (C=O) groups excluding carboxylic acids is 1. The molecule has 0 aromatic carbocycles. The fourth-order valence-corrected chi connectivity index (χ4v) is 1.82. The summed E-state index contributed by atoms with van der Waals surface area (Å²) in [5.74, 6) is 0. The molecule has 1 unspecified atom stereocenters. The first-order valence-corrected chi connectivity index (χ1v) is 5.61. The standard InChI is InChI=1S/C11H22N2O2/c1-9(14)7-11(2,3)8-12-10(15)13-5-4-6-13/h9,14H,4-8H2,1-3H3,(H,12,15). The Morgan fingerprint density at radius 1 is 1.53 bits per heavy atom. The zero-order valence-corrected chi connectivity index (χ0v) is 9.92. The van der Waals surface area contributed by atoms with Gasteiger partial charge in [0.2, 0.25) is 0 Å². The molecule has 0 saturated carbocycles. The minimum atomic E-state index is -0.319. The third-order valence-corrected chi connectivity index (χ3v) is 2.71. The van der Waals surface area contributed by atoms with Gasteiger partial charge >= 0.3 is 6.03 Å². The van der Waals surface area contributed by atoms with Crippen molar-refractivity contribution in [1.29, 1.82) is 0 Å². The molecule has 15 heavy (non-hydrogen) atoms. The molecule has 0 aliphatic carbocycles. The Balaban J connectivity index is 2.25. The number of hydrogen-bond acceptors (Lipinski definition) is 2. The van der Waals surface area contributed by atoms with Gasteiger partial charge in [0.1, 0.15) is 0 Å². The van der Waals surface area contributed by atoms with Gasteiger partial charge in [0.25, 0.3) is 0 Å². The maximum absolute atomic E-state index is 11.5. The summed E-state index contributed by atoms with van der Waals surface area (Å²) in [6.07, 6.45) is 1.50. The SMILES string of the molecule is CC(O)CC(C)(C)CNC(=O)N1CCC1. The predicted molar refractivity (Wildman–Crippen MR) is 59.7 cm³/mol. The van der Waals surface area contributed by atoms with E-state index >= 15 is 0 Å². The first-order valence-electron chi connectivity index (χ1n) is 5.61. The lowest BCUT2D eigenvalue weighted by atomic mass is 9.87. The summed E-state index contributed by atoms with van der Waals surface area (Å²) in [6, 6.07) is 0.0277. The summed E-state index contributed by atoms with van der Waals surface area (Å²) in [4.78, 5) is 13.3. The second-order valence-electron chi connectivity index (χ2n) is 5.22. The van der Waals surface area contributed by atoms with Crippen LogP contribution in [0, 0.1) is 5.41 Å². The molecule has 1 fully saturated rings. The van der Waals surface area contributed by atoms with Crippen molar-refractivity contribution >= 4 is 6.03 Å². The van der Waals surface area contributed by atoms with Crippen LogP contribution in [0.2, 0.25) is 0 Å². The van der Waals surface area contributed by atoms with Crippen LogP contribution < -0.4 is 5.32 Å². The van der Waals surface area contributed by atoms with Crippen LogP contribution in [0.25, 0.3) is 0 Å². The third kappa shape index (κ3) is 4.08. The van der Waals surface area contributed by atoms with Gasteiger partial charge in [0.05, 0.1) is 6.10 Å². The highest BCUT2D eigenvalue weighted by molar-refractivity contribution is 5.74.